The number of nitrogens with one attached hydrogen (secondary N) is 1. The molecular formula is C23H21ClN2O3S. The third-order valence-corrected chi connectivity index (χ3v) is 6.36. The van der Waals surface area contributed by atoms with Crippen LogP contribution >= 0.6 is 22.9 Å². The number of rotatable bonds is 6. The number of hydrogen-bond acceptors (Lipinski definition) is 4. The van der Waals surface area contributed by atoms with Crippen LogP contribution in [0.1, 0.15) is 32.8 Å². The number of ether oxygens (including phenoxy) is 1. The molecule has 0 aliphatic carbocycles. The Bertz CT molecular complexity index is 1050. The summed E-state index contributed by atoms with van der Waals surface area (Å²) >= 11 is 7.63. The molecule has 4 rings (SSSR count). The van der Waals surface area contributed by atoms with Crippen LogP contribution in [0.25, 0.3) is 0 Å². The van der Waals surface area contributed by atoms with Crippen molar-refractivity contribution in [3.63, 3.8) is 0 Å². The maximum atomic E-state index is 13.6. The smallest absolute Gasteiger partial charge is 0.254 e. The van der Waals surface area contributed by atoms with Crippen LogP contribution < -0.4 is 5.32 Å². The lowest BCUT2D eigenvalue weighted by Gasteiger charge is -2.41. The molecule has 1 N–H and O–H groups in total. The van der Waals surface area contributed by atoms with Gasteiger partial charge < -0.3 is 15.0 Å². The molecule has 0 spiro atoms. The summed E-state index contributed by atoms with van der Waals surface area (Å²) in [5.74, 6) is -0.834. The van der Waals surface area contributed by atoms with Crippen molar-refractivity contribution in [1.29, 1.82) is 0 Å². The first-order chi connectivity index (χ1) is 14.6. The van der Waals surface area contributed by atoms with Gasteiger partial charge in [0.05, 0.1) is 18.6 Å². The third-order valence-electron chi connectivity index (χ3n) is 5.18. The normalized spacial score (nSPS) is 18.2. The van der Waals surface area contributed by atoms with Crippen molar-refractivity contribution >= 4 is 40.4 Å². The summed E-state index contributed by atoms with van der Waals surface area (Å²) in [5, 5.41) is 5.49. The van der Waals surface area contributed by atoms with Crippen molar-refractivity contribution in [2.75, 3.05) is 25.6 Å². The Kier molecular flexibility index (Phi) is 6.18. The average Bonchev–Trinajstić information content (AvgIpc) is 3.27. The molecule has 0 saturated carbocycles. The van der Waals surface area contributed by atoms with Gasteiger partial charge in [0.2, 0.25) is 5.91 Å². The van der Waals surface area contributed by atoms with Gasteiger partial charge in [0.15, 0.2) is 0 Å². The first-order valence-electron chi connectivity index (χ1n) is 9.59. The topological polar surface area (TPSA) is 58.6 Å². The Morgan fingerprint density at radius 2 is 2.00 bits per heavy atom. The van der Waals surface area contributed by atoms with Crippen molar-refractivity contribution in [1.82, 2.24) is 4.90 Å². The van der Waals surface area contributed by atoms with E-state index in [2.05, 4.69) is 5.32 Å². The second-order valence-electron chi connectivity index (χ2n) is 7.02. The standard InChI is InChI=1S/C23H21ClN2O3S/c1-29-12-11-26-21(19-10-5-13-30-19)20(17-8-2-3-9-18(17)23(26)28)22(27)25-16-7-4-6-15(24)14-16/h2-10,13-14,20-21H,11-12H2,1H3,(H,25,27). The van der Waals surface area contributed by atoms with Crippen molar-refractivity contribution in [2.24, 2.45) is 0 Å². The highest BCUT2D eigenvalue weighted by molar-refractivity contribution is 7.10. The number of carbonyl (C=O) groups excluding carboxylic acids is 2. The number of amides is 2. The molecule has 2 atom stereocenters. The summed E-state index contributed by atoms with van der Waals surface area (Å²) in [7, 11) is 1.60. The first-order valence-corrected chi connectivity index (χ1v) is 10.8. The highest BCUT2D eigenvalue weighted by Gasteiger charge is 2.44. The molecule has 2 amide bonds. The molecule has 2 aromatic carbocycles. The molecule has 0 fully saturated rings. The second-order valence-corrected chi connectivity index (χ2v) is 8.43. The fourth-order valence-electron chi connectivity index (χ4n) is 3.87. The van der Waals surface area contributed by atoms with Crippen molar-refractivity contribution in [3.05, 3.63) is 87.1 Å². The van der Waals surface area contributed by atoms with E-state index in [4.69, 9.17) is 16.3 Å². The van der Waals surface area contributed by atoms with Crippen LogP contribution in [0.2, 0.25) is 5.02 Å². The summed E-state index contributed by atoms with van der Waals surface area (Å²) in [4.78, 5) is 29.6. The highest BCUT2D eigenvalue weighted by Crippen LogP contribution is 2.44. The summed E-state index contributed by atoms with van der Waals surface area (Å²) in [6.07, 6.45) is 0. The summed E-state index contributed by atoms with van der Waals surface area (Å²) < 4.78 is 5.25. The molecule has 1 aromatic heterocycles. The van der Waals surface area contributed by atoms with Gasteiger partial charge in [-0.15, -0.1) is 11.3 Å². The second kappa shape index (κ2) is 9.00. The van der Waals surface area contributed by atoms with E-state index in [1.165, 1.54) is 11.3 Å². The Hall–Kier alpha value is -2.67. The molecule has 30 heavy (non-hydrogen) atoms. The monoisotopic (exact) mass is 440 g/mol. The van der Waals surface area contributed by atoms with Crippen molar-refractivity contribution in [2.45, 2.75) is 12.0 Å². The maximum Gasteiger partial charge on any atom is 0.254 e. The number of anilines is 1. The fraction of sp³-hybridized carbons (Fsp3) is 0.217. The van der Waals surface area contributed by atoms with E-state index in [0.717, 1.165) is 10.4 Å². The van der Waals surface area contributed by atoms with Crippen molar-refractivity contribution in [3.8, 4) is 0 Å². The summed E-state index contributed by atoms with van der Waals surface area (Å²) in [6.45, 7) is 0.783. The number of nitrogens with zero attached hydrogens (tertiary/aromatic N) is 1. The van der Waals surface area contributed by atoms with Gasteiger partial charge in [-0.3, -0.25) is 9.59 Å². The number of methoxy groups -OCH3 is 1. The van der Waals surface area contributed by atoms with Gasteiger partial charge in [0.25, 0.3) is 5.91 Å². The van der Waals surface area contributed by atoms with Crippen LogP contribution in [0.15, 0.2) is 66.0 Å². The van der Waals surface area contributed by atoms with E-state index < -0.39 is 12.0 Å². The molecule has 2 unspecified atom stereocenters. The van der Waals surface area contributed by atoms with Gasteiger partial charge in [-0.25, -0.2) is 0 Å². The van der Waals surface area contributed by atoms with Crippen LogP contribution in [0.4, 0.5) is 5.69 Å². The Balaban J connectivity index is 1.80. The van der Waals surface area contributed by atoms with E-state index in [0.29, 0.717) is 29.4 Å². The Labute approximate surface area is 184 Å². The molecule has 2 heterocycles. The van der Waals surface area contributed by atoms with Gasteiger partial charge in [0.1, 0.15) is 0 Å². The Morgan fingerprint density at radius 3 is 2.73 bits per heavy atom. The molecule has 1 aliphatic heterocycles. The molecule has 5 nitrogen and oxygen atoms in total. The largest absolute Gasteiger partial charge is 0.383 e. The molecular weight excluding hydrogens is 420 g/mol. The lowest BCUT2D eigenvalue weighted by atomic mass is 9.81. The average molecular weight is 441 g/mol. The number of thiophene rings is 1. The zero-order valence-electron chi connectivity index (χ0n) is 16.4. The van der Waals surface area contributed by atoms with Gasteiger partial charge in [-0.2, -0.15) is 0 Å². The van der Waals surface area contributed by atoms with Gasteiger partial charge in [-0.05, 0) is 41.3 Å². The molecule has 0 radical (unpaired) electrons. The van der Waals surface area contributed by atoms with Crippen LogP contribution in [-0.2, 0) is 9.53 Å². The van der Waals surface area contributed by atoms with E-state index in [-0.39, 0.29) is 11.8 Å². The molecule has 7 heteroatoms. The van der Waals surface area contributed by atoms with Crippen molar-refractivity contribution < 1.29 is 14.3 Å². The van der Waals surface area contributed by atoms with Crippen LogP contribution in [0.3, 0.4) is 0 Å². The SMILES string of the molecule is COCCN1C(=O)c2ccccc2C(C(=O)Nc2cccc(Cl)c2)C1c1cccs1. The lowest BCUT2D eigenvalue weighted by Crippen LogP contribution is -2.47. The zero-order chi connectivity index (χ0) is 21.1. The van der Waals surface area contributed by atoms with E-state index in [1.54, 1.807) is 42.3 Å². The lowest BCUT2D eigenvalue weighted by molar-refractivity contribution is -0.119. The van der Waals surface area contributed by atoms with E-state index >= 15 is 0 Å². The zero-order valence-corrected chi connectivity index (χ0v) is 18.0. The highest BCUT2D eigenvalue weighted by atomic mass is 35.5. The van der Waals surface area contributed by atoms with Crippen LogP contribution in [0.5, 0.6) is 0 Å². The minimum atomic E-state index is -0.562. The third kappa shape index (κ3) is 3.99. The van der Waals surface area contributed by atoms with E-state index in [9.17, 15) is 9.59 Å². The number of carbonyl (C=O) groups is 2. The predicted octanol–water partition coefficient (Wildman–Crippen LogP) is 4.97. The minimum Gasteiger partial charge on any atom is -0.383 e. The van der Waals surface area contributed by atoms with Gasteiger partial charge >= 0.3 is 0 Å². The Morgan fingerprint density at radius 1 is 1.17 bits per heavy atom. The summed E-state index contributed by atoms with van der Waals surface area (Å²) in [5.41, 5.74) is 1.90. The fourth-order valence-corrected chi connectivity index (χ4v) is 4.94. The quantitative estimate of drug-likeness (QED) is 0.588. The molecule has 0 saturated heterocycles. The molecule has 1 aliphatic rings. The summed E-state index contributed by atoms with van der Waals surface area (Å²) in [6, 6.07) is 17.9. The predicted molar refractivity (Wildman–Crippen MR) is 119 cm³/mol. The molecule has 3 aromatic rings. The number of benzene rings is 2. The van der Waals surface area contributed by atoms with Gasteiger partial charge in [0, 0.05) is 34.8 Å². The minimum absolute atomic E-state index is 0.0899. The van der Waals surface area contributed by atoms with Crippen LogP contribution in [-0.4, -0.2) is 37.0 Å². The van der Waals surface area contributed by atoms with Crippen LogP contribution in [0, 0.1) is 0 Å². The van der Waals surface area contributed by atoms with E-state index in [1.807, 2.05) is 35.7 Å². The van der Waals surface area contributed by atoms with Gasteiger partial charge in [-0.1, -0.05) is 41.9 Å². The number of hydrogen-bond donors (Lipinski definition) is 1. The number of fused-ring (bicyclic) bond motifs is 1. The maximum absolute atomic E-state index is 13.6. The first kappa shape index (κ1) is 20.6. The number of halogens is 1. The molecule has 0 bridgehead atoms. The molecule has 154 valence electrons.